The summed E-state index contributed by atoms with van der Waals surface area (Å²) in [5.74, 6) is -0.659. The highest BCUT2D eigenvalue weighted by molar-refractivity contribution is 9.10. The predicted octanol–water partition coefficient (Wildman–Crippen LogP) is 7.95. The van der Waals surface area contributed by atoms with Crippen LogP contribution in [0.25, 0.3) is 0 Å². The lowest BCUT2D eigenvalue weighted by atomic mass is 10.0. The lowest BCUT2D eigenvalue weighted by Crippen LogP contribution is -2.12. The molecule has 0 spiro atoms. The molecule has 4 nitrogen and oxygen atoms in total. The molecule has 0 bridgehead atoms. The number of hydrogen-bond donors (Lipinski definition) is 0. The number of carbonyl (C=O) groups is 2. The van der Waals surface area contributed by atoms with E-state index in [1.807, 2.05) is 24.3 Å². The van der Waals surface area contributed by atoms with Crippen molar-refractivity contribution in [3.63, 3.8) is 0 Å². The molecule has 0 unspecified atom stereocenters. The van der Waals surface area contributed by atoms with E-state index in [1.54, 1.807) is 0 Å². The molecule has 0 saturated carbocycles. The lowest BCUT2D eigenvalue weighted by Gasteiger charge is -2.06. The minimum absolute atomic E-state index is 0.0811. The van der Waals surface area contributed by atoms with Gasteiger partial charge in [-0.05, 0) is 24.1 Å². The maximum Gasteiger partial charge on any atom is 0.306 e. The first-order valence-electron chi connectivity index (χ1n) is 12.7. The molecular formula is C27H43BrO4. The van der Waals surface area contributed by atoms with Crippen molar-refractivity contribution in [2.45, 2.75) is 110 Å². The van der Waals surface area contributed by atoms with E-state index in [4.69, 9.17) is 9.47 Å². The summed E-state index contributed by atoms with van der Waals surface area (Å²) in [5.41, 5.74) is 1.11. The van der Waals surface area contributed by atoms with Crippen LogP contribution in [0.3, 0.4) is 0 Å². The Labute approximate surface area is 204 Å². The van der Waals surface area contributed by atoms with Crippen LogP contribution in [-0.4, -0.2) is 25.2 Å². The molecule has 0 aromatic heterocycles. The molecule has 0 N–H and O–H groups in total. The van der Waals surface area contributed by atoms with Gasteiger partial charge in [-0.1, -0.05) is 112 Å². The summed E-state index contributed by atoms with van der Waals surface area (Å²) in [4.78, 5) is 23.5. The molecule has 1 aromatic rings. The van der Waals surface area contributed by atoms with Gasteiger partial charge in [-0.2, -0.15) is 0 Å². The van der Waals surface area contributed by atoms with Crippen LogP contribution in [0.1, 0.15) is 109 Å². The van der Waals surface area contributed by atoms with Gasteiger partial charge in [-0.25, -0.2) is 0 Å². The Bertz CT molecular complexity index is 600. The maximum atomic E-state index is 11.8. The van der Waals surface area contributed by atoms with E-state index in [9.17, 15) is 9.59 Å². The van der Waals surface area contributed by atoms with Gasteiger partial charge < -0.3 is 9.47 Å². The lowest BCUT2D eigenvalue weighted by molar-refractivity contribution is -0.150. The van der Waals surface area contributed by atoms with Crippen molar-refractivity contribution in [3.05, 3.63) is 34.3 Å². The molecular weight excluding hydrogens is 468 g/mol. The largest absolute Gasteiger partial charge is 0.466 e. The first-order chi connectivity index (χ1) is 15.6. The third kappa shape index (κ3) is 17.2. The van der Waals surface area contributed by atoms with Gasteiger partial charge in [0, 0.05) is 10.9 Å². The number of carbonyl (C=O) groups excluding carboxylic acids is 2. The molecule has 0 fully saturated rings. The van der Waals surface area contributed by atoms with Crippen LogP contribution in [0.2, 0.25) is 0 Å². The summed E-state index contributed by atoms with van der Waals surface area (Å²) >= 11 is 3.39. The summed E-state index contributed by atoms with van der Waals surface area (Å²) in [5, 5.41) is 0. The van der Waals surface area contributed by atoms with Crippen molar-refractivity contribution in [3.8, 4) is 0 Å². The van der Waals surface area contributed by atoms with Gasteiger partial charge >= 0.3 is 11.9 Å². The van der Waals surface area contributed by atoms with E-state index >= 15 is 0 Å². The summed E-state index contributed by atoms with van der Waals surface area (Å²) in [6, 6.07) is 7.91. The van der Waals surface area contributed by atoms with Crippen molar-refractivity contribution in [1.82, 2.24) is 0 Å². The molecule has 0 saturated heterocycles. The number of halogens is 1. The van der Waals surface area contributed by atoms with E-state index in [-0.39, 0.29) is 24.8 Å². The molecule has 0 atom stereocenters. The monoisotopic (exact) mass is 510 g/mol. The van der Waals surface area contributed by atoms with Crippen LogP contribution in [-0.2, 0) is 25.5 Å². The third-order valence-electron chi connectivity index (χ3n) is 5.61. The van der Waals surface area contributed by atoms with E-state index in [0.29, 0.717) is 19.6 Å². The van der Waals surface area contributed by atoms with Crippen LogP contribution in [0.15, 0.2) is 28.7 Å². The van der Waals surface area contributed by atoms with Crippen LogP contribution >= 0.6 is 15.9 Å². The van der Waals surface area contributed by atoms with Crippen molar-refractivity contribution < 1.29 is 19.1 Å². The first kappa shape index (κ1) is 28.7. The quantitative estimate of drug-likeness (QED) is 0.132. The van der Waals surface area contributed by atoms with Gasteiger partial charge in [-0.3, -0.25) is 9.59 Å². The Morgan fingerprint density at radius 1 is 0.656 bits per heavy atom. The van der Waals surface area contributed by atoms with Gasteiger partial charge in [0.2, 0.25) is 0 Å². The minimum Gasteiger partial charge on any atom is -0.466 e. The summed E-state index contributed by atoms with van der Waals surface area (Å²) < 4.78 is 11.4. The van der Waals surface area contributed by atoms with Gasteiger partial charge in [0.1, 0.15) is 0 Å². The number of rotatable bonds is 20. The predicted molar refractivity (Wildman–Crippen MR) is 135 cm³/mol. The molecule has 0 aliphatic heterocycles. The fraction of sp³-hybridized carbons (Fsp3) is 0.704. The number of unbranched alkanes of at least 4 members (excludes halogenated alkanes) is 12. The zero-order valence-electron chi connectivity index (χ0n) is 20.0. The number of esters is 2. The minimum atomic E-state index is -0.347. The third-order valence-corrected chi connectivity index (χ3v) is 6.14. The fourth-order valence-corrected chi connectivity index (χ4v) is 3.85. The van der Waals surface area contributed by atoms with E-state index in [0.717, 1.165) is 22.9 Å². The Kier molecular flexibility index (Phi) is 18.2. The number of ether oxygens (including phenoxy) is 2. The highest BCUT2D eigenvalue weighted by Crippen LogP contribution is 2.13. The Hall–Kier alpha value is -1.36. The topological polar surface area (TPSA) is 52.6 Å². The van der Waals surface area contributed by atoms with Gasteiger partial charge in [0.25, 0.3) is 0 Å². The second-order valence-electron chi connectivity index (χ2n) is 8.56. The Morgan fingerprint density at radius 2 is 1.09 bits per heavy atom. The highest BCUT2D eigenvalue weighted by atomic mass is 79.9. The first-order valence-corrected chi connectivity index (χ1v) is 13.5. The van der Waals surface area contributed by atoms with E-state index in [2.05, 4.69) is 22.9 Å². The molecule has 1 rings (SSSR count). The zero-order valence-corrected chi connectivity index (χ0v) is 21.6. The summed E-state index contributed by atoms with van der Waals surface area (Å²) in [6.45, 7) is 3.04. The molecule has 0 radical (unpaired) electrons. The van der Waals surface area contributed by atoms with Gasteiger partial charge in [-0.15, -0.1) is 0 Å². The van der Waals surface area contributed by atoms with E-state index in [1.165, 1.54) is 70.6 Å². The van der Waals surface area contributed by atoms with Crippen molar-refractivity contribution >= 4 is 27.9 Å². The zero-order chi connectivity index (χ0) is 23.3. The van der Waals surface area contributed by atoms with E-state index < -0.39 is 0 Å². The second-order valence-corrected chi connectivity index (χ2v) is 9.48. The second kappa shape index (κ2) is 20.3. The highest BCUT2D eigenvalue weighted by Gasteiger charge is 2.09. The molecule has 1 aromatic carbocycles. The molecule has 32 heavy (non-hydrogen) atoms. The Morgan fingerprint density at radius 3 is 1.59 bits per heavy atom. The van der Waals surface area contributed by atoms with Crippen molar-refractivity contribution in [2.24, 2.45) is 0 Å². The number of hydrogen-bond acceptors (Lipinski definition) is 4. The average molecular weight is 512 g/mol. The van der Waals surface area contributed by atoms with Gasteiger partial charge in [0.15, 0.2) is 0 Å². The molecule has 182 valence electrons. The normalized spacial score (nSPS) is 10.8. The van der Waals surface area contributed by atoms with Crippen molar-refractivity contribution in [1.29, 1.82) is 0 Å². The summed E-state index contributed by atoms with van der Waals surface area (Å²) in [7, 11) is 0. The molecule has 0 aliphatic rings. The fourth-order valence-electron chi connectivity index (χ4n) is 3.59. The molecule has 0 aliphatic carbocycles. The summed E-state index contributed by atoms with van der Waals surface area (Å²) in [6.07, 6.45) is 17.7. The van der Waals surface area contributed by atoms with Crippen molar-refractivity contribution in [2.75, 3.05) is 13.2 Å². The maximum absolute atomic E-state index is 11.8. The van der Waals surface area contributed by atoms with Crippen LogP contribution < -0.4 is 0 Å². The number of benzene rings is 1. The average Bonchev–Trinajstić information content (AvgIpc) is 2.79. The van der Waals surface area contributed by atoms with Crippen LogP contribution in [0, 0.1) is 0 Å². The molecule has 5 heteroatoms. The van der Waals surface area contributed by atoms with Crippen LogP contribution in [0.5, 0.6) is 0 Å². The SMILES string of the molecule is CCCCCCCCCCCCCCCOC(=O)CCC(=O)OCCc1ccc(Br)cc1. The van der Waals surface area contributed by atoms with Gasteiger partial charge in [0.05, 0.1) is 26.1 Å². The Balaban J connectivity index is 1.85. The smallest absolute Gasteiger partial charge is 0.306 e. The molecule has 0 heterocycles. The standard InChI is InChI=1S/C27H43BrO4/c1-2-3-4-5-6-7-8-9-10-11-12-13-14-22-31-26(29)19-20-27(30)32-23-21-24-15-17-25(28)18-16-24/h15-18H,2-14,19-23H2,1H3. The van der Waals surface area contributed by atoms with Crippen LogP contribution in [0.4, 0.5) is 0 Å². The molecule has 0 amide bonds.